The van der Waals surface area contributed by atoms with Crippen molar-refractivity contribution >= 4 is 34.1 Å². The fraction of sp³-hybridized carbons (Fsp3) is 0.333. The molecule has 1 aliphatic heterocycles. The summed E-state index contributed by atoms with van der Waals surface area (Å²) < 4.78 is 11.2. The molecular formula is C27H31N3O4. The molecule has 3 aromatic carbocycles. The number of ether oxygens (including phenoxy) is 2. The number of benzene rings is 3. The lowest BCUT2D eigenvalue weighted by Crippen LogP contribution is -2.43. The number of carbonyl (C=O) groups is 2. The van der Waals surface area contributed by atoms with Gasteiger partial charge in [0, 0.05) is 18.5 Å². The van der Waals surface area contributed by atoms with E-state index in [0.717, 1.165) is 16.3 Å². The van der Waals surface area contributed by atoms with E-state index in [9.17, 15) is 9.59 Å². The Kier molecular flexibility index (Phi) is 7.03. The van der Waals surface area contributed by atoms with Crippen LogP contribution >= 0.6 is 0 Å². The minimum absolute atomic E-state index is 0.102. The van der Waals surface area contributed by atoms with Crippen molar-refractivity contribution < 1.29 is 19.1 Å². The quantitative estimate of drug-likeness (QED) is 0.559. The summed E-state index contributed by atoms with van der Waals surface area (Å²) in [4.78, 5) is 27.2. The van der Waals surface area contributed by atoms with E-state index >= 15 is 0 Å². The number of morpholine rings is 1. The summed E-state index contributed by atoms with van der Waals surface area (Å²) in [5.41, 5.74) is 2.15. The molecule has 1 saturated heterocycles. The largest absolute Gasteiger partial charge is 0.482 e. The Labute approximate surface area is 200 Å². The summed E-state index contributed by atoms with van der Waals surface area (Å²) in [6.45, 7) is 8.39. The number of nitrogens with zero attached hydrogens (tertiary/aromatic N) is 1. The van der Waals surface area contributed by atoms with Gasteiger partial charge in [0.2, 0.25) is 0 Å². The first-order chi connectivity index (χ1) is 16.3. The van der Waals surface area contributed by atoms with Crippen LogP contribution in [0.5, 0.6) is 5.75 Å². The van der Waals surface area contributed by atoms with Gasteiger partial charge in [0.1, 0.15) is 5.75 Å². The Balaban J connectivity index is 1.52. The van der Waals surface area contributed by atoms with Crippen molar-refractivity contribution in [2.45, 2.75) is 26.2 Å². The second kappa shape index (κ2) is 10.1. The van der Waals surface area contributed by atoms with Crippen molar-refractivity contribution in [3.8, 4) is 5.75 Å². The van der Waals surface area contributed by atoms with Gasteiger partial charge >= 0.3 is 6.03 Å². The third kappa shape index (κ3) is 5.66. The van der Waals surface area contributed by atoms with Crippen molar-refractivity contribution in [2.24, 2.45) is 0 Å². The number of fused-ring (bicyclic) bond motifs is 1. The Morgan fingerprint density at radius 1 is 0.941 bits per heavy atom. The average Bonchev–Trinajstić information content (AvgIpc) is 2.83. The highest BCUT2D eigenvalue weighted by Gasteiger charge is 2.20. The molecule has 34 heavy (non-hydrogen) atoms. The lowest BCUT2D eigenvalue weighted by Gasteiger charge is -2.27. The minimum atomic E-state index is -0.383. The molecule has 178 valence electrons. The summed E-state index contributed by atoms with van der Waals surface area (Å²) in [5, 5.41) is 7.86. The third-order valence-electron chi connectivity index (χ3n) is 5.85. The van der Waals surface area contributed by atoms with Crippen molar-refractivity contribution in [1.82, 2.24) is 4.90 Å². The highest BCUT2D eigenvalue weighted by molar-refractivity contribution is 6.06. The maximum Gasteiger partial charge on any atom is 0.323 e. The number of urea groups is 1. The Morgan fingerprint density at radius 2 is 1.65 bits per heavy atom. The van der Waals surface area contributed by atoms with Crippen LogP contribution in [0.1, 0.15) is 26.3 Å². The molecule has 1 aliphatic rings. The molecule has 0 atom stereocenters. The normalized spacial score (nSPS) is 14.0. The van der Waals surface area contributed by atoms with E-state index in [2.05, 4.69) is 31.4 Å². The summed E-state index contributed by atoms with van der Waals surface area (Å²) in [6.07, 6.45) is 0. The van der Waals surface area contributed by atoms with E-state index in [0.29, 0.717) is 43.4 Å². The number of hydrogen-bond donors (Lipinski definition) is 2. The van der Waals surface area contributed by atoms with E-state index in [-0.39, 0.29) is 24.0 Å². The standard InChI is InChI=1S/C27H31N3O4/c1-27(2,3)20-11-12-24(34-18-25(31)30-13-15-33-16-14-30)23(17-20)29-26(32)28-22-10-6-8-19-7-4-5-9-21(19)22/h4-12,17H,13-16,18H2,1-3H3,(H2,28,29,32). The van der Waals surface area contributed by atoms with E-state index in [1.807, 2.05) is 54.6 Å². The van der Waals surface area contributed by atoms with Crippen LogP contribution in [-0.4, -0.2) is 49.7 Å². The van der Waals surface area contributed by atoms with E-state index in [1.165, 1.54) is 0 Å². The van der Waals surface area contributed by atoms with Crippen LogP contribution in [-0.2, 0) is 14.9 Å². The monoisotopic (exact) mass is 461 g/mol. The summed E-state index contributed by atoms with van der Waals surface area (Å²) in [5.74, 6) is 0.344. The number of carbonyl (C=O) groups excluding carboxylic acids is 2. The van der Waals surface area contributed by atoms with Gasteiger partial charge in [-0.3, -0.25) is 4.79 Å². The first-order valence-corrected chi connectivity index (χ1v) is 11.5. The van der Waals surface area contributed by atoms with Crippen molar-refractivity contribution in [1.29, 1.82) is 0 Å². The zero-order valence-corrected chi connectivity index (χ0v) is 19.9. The molecule has 0 unspecified atom stereocenters. The fourth-order valence-electron chi connectivity index (χ4n) is 3.87. The molecule has 0 aliphatic carbocycles. The first kappa shape index (κ1) is 23.6. The van der Waals surface area contributed by atoms with Crippen LogP contribution in [0.2, 0.25) is 0 Å². The molecule has 1 heterocycles. The molecule has 3 amide bonds. The molecule has 0 bridgehead atoms. The smallest absolute Gasteiger partial charge is 0.323 e. The number of rotatable bonds is 5. The molecule has 7 heteroatoms. The van der Waals surface area contributed by atoms with Gasteiger partial charge in [-0.15, -0.1) is 0 Å². The van der Waals surface area contributed by atoms with E-state index < -0.39 is 0 Å². The molecule has 0 saturated carbocycles. The number of anilines is 2. The fourth-order valence-corrected chi connectivity index (χ4v) is 3.87. The summed E-state index contributed by atoms with van der Waals surface area (Å²) in [6, 6.07) is 18.9. The molecule has 4 rings (SSSR count). The molecule has 0 spiro atoms. The number of amides is 3. The van der Waals surface area contributed by atoms with Crippen molar-refractivity contribution in [3.63, 3.8) is 0 Å². The summed E-state index contributed by atoms with van der Waals surface area (Å²) >= 11 is 0. The molecule has 3 aromatic rings. The maximum atomic E-state index is 13.0. The van der Waals surface area contributed by atoms with Gasteiger partial charge in [0.25, 0.3) is 5.91 Å². The molecule has 7 nitrogen and oxygen atoms in total. The first-order valence-electron chi connectivity index (χ1n) is 11.5. The molecule has 0 radical (unpaired) electrons. The zero-order chi connectivity index (χ0) is 24.1. The van der Waals surface area contributed by atoms with Crippen LogP contribution in [0, 0.1) is 0 Å². The van der Waals surface area contributed by atoms with Gasteiger partial charge in [-0.2, -0.15) is 0 Å². The second-order valence-electron chi connectivity index (χ2n) is 9.35. The number of nitrogens with one attached hydrogen (secondary N) is 2. The lowest BCUT2D eigenvalue weighted by molar-refractivity contribution is -0.137. The predicted octanol–water partition coefficient (Wildman–Crippen LogP) is 5.02. The average molecular weight is 462 g/mol. The third-order valence-corrected chi connectivity index (χ3v) is 5.85. The van der Waals surface area contributed by atoms with Gasteiger partial charge in [-0.25, -0.2) is 4.79 Å². The number of hydrogen-bond acceptors (Lipinski definition) is 4. The SMILES string of the molecule is CC(C)(C)c1ccc(OCC(=O)N2CCOCC2)c(NC(=O)Nc2cccc3ccccc23)c1. The Bertz CT molecular complexity index is 1170. The predicted molar refractivity (Wildman–Crippen MR) is 135 cm³/mol. The van der Waals surface area contributed by atoms with Gasteiger partial charge in [0.05, 0.1) is 24.6 Å². The second-order valence-corrected chi connectivity index (χ2v) is 9.35. The highest BCUT2D eigenvalue weighted by atomic mass is 16.5. The Morgan fingerprint density at radius 3 is 2.41 bits per heavy atom. The van der Waals surface area contributed by atoms with E-state index in [1.54, 1.807) is 11.0 Å². The van der Waals surface area contributed by atoms with Crippen LogP contribution in [0.4, 0.5) is 16.2 Å². The van der Waals surface area contributed by atoms with Gasteiger partial charge in [0.15, 0.2) is 6.61 Å². The lowest BCUT2D eigenvalue weighted by atomic mass is 9.87. The van der Waals surface area contributed by atoms with Gasteiger partial charge < -0.3 is 25.0 Å². The maximum absolute atomic E-state index is 13.0. The molecule has 0 aromatic heterocycles. The zero-order valence-electron chi connectivity index (χ0n) is 19.9. The van der Waals surface area contributed by atoms with Gasteiger partial charge in [-0.05, 0) is 34.6 Å². The van der Waals surface area contributed by atoms with Crippen LogP contribution < -0.4 is 15.4 Å². The highest BCUT2D eigenvalue weighted by Crippen LogP contribution is 2.32. The van der Waals surface area contributed by atoms with Gasteiger partial charge in [-0.1, -0.05) is 63.2 Å². The van der Waals surface area contributed by atoms with Crippen LogP contribution in [0.25, 0.3) is 10.8 Å². The van der Waals surface area contributed by atoms with Crippen LogP contribution in [0.3, 0.4) is 0 Å². The van der Waals surface area contributed by atoms with Crippen molar-refractivity contribution in [2.75, 3.05) is 43.5 Å². The van der Waals surface area contributed by atoms with Crippen LogP contribution in [0.15, 0.2) is 60.7 Å². The Hall–Kier alpha value is -3.58. The topological polar surface area (TPSA) is 79.9 Å². The molecular weight excluding hydrogens is 430 g/mol. The molecule has 2 N–H and O–H groups in total. The van der Waals surface area contributed by atoms with E-state index in [4.69, 9.17) is 9.47 Å². The molecule has 1 fully saturated rings. The minimum Gasteiger partial charge on any atom is -0.482 e. The summed E-state index contributed by atoms with van der Waals surface area (Å²) in [7, 11) is 0. The van der Waals surface area contributed by atoms with Crippen molar-refractivity contribution in [3.05, 3.63) is 66.2 Å².